The molecular formula is C28H59N. The molecule has 0 amide bonds. The molecule has 0 aromatic rings. The average Bonchev–Trinajstić information content (AvgIpc) is 2.71. The normalized spacial score (nSPS) is 11.8. The minimum Gasteiger partial charge on any atom is -0.304 e. The van der Waals surface area contributed by atoms with E-state index in [2.05, 4.69) is 32.6 Å². The van der Waals surface area contributed by atoms with Gasteiger partial charge in [-0.15, -0.1) is 0 Å². The van der Waals surface area contributed by atoms with Crippen LogP contribution in [0, 0.1) is 5.92 Å². The van der Waals surface area contributed by atoms with Crippen molar-refractivity contribution in [2.75, 3.05) is 19.6 Å². The fourth-order valence-electron chi connectivity index (χ4n) is 4.38. The Morgan fingerprint density at radius 1 is 0.448 bits per heavy atom. The van der Waals surface area contributed by atoms with Crippen LogP contribution in [0.3, 0.4) is 0 Å². The first kappa shape index (κ1) is 29.0. The standard InChI is InChI=1S/C28H59N/c1-5-7-8-9-10-11-14-17-20-23-26-29(6-2)27-24-21-18-15-12-13-16-19-22-25-28(3)4/h28H,5-27H2,1-4H3. The van der Waals surface area contributed by atoms with E-state index in [1.54, 1.807) is 0 Å². The summed E-state index contributed by atoms with van der Waals surface area (Å²) in [6.45, 7) is 13.3. The van der Waals surface area contributed by atoms with Crippen molar-refractivity contribution in [3.63, 3.8) is 0 Å². The topological polar surface area (TPSA) is 3.24 Å². The Labute approximate surface area is 186 Å². The van der Waals surface area contributed by atoms with Crippen molar-refractivity contribution in [3.8, 4) is 0 Å². The maximum atomic E-state index is 2.69. The molecule has 0 heterocycles. The summed E-state index contributed by atoms with van der Waals surface area (Å²) in [6.07, 6.45) is 29.0. The van der Waals surface area contributed by atoms with Gasteiger partial charge >= 0.3 is 0 Å². The van der Waals surface area contributed by atoms with Gasteiger partial charge in [0.1, 0.15) is 0 Å². The quantitative estimate of drug-likeness (QED) is 0.143. The van der Waals surface area contributed by atoms with Crippen molar-refractivity contribution < 1.29 is 0 Å². The zero-order chi connectivity index (χ0) is 21.4. The average molecular weight is 410 g/mol. The van der Waals surface area contributed by atoms with E-state index in [4.69, 9.17) is 0 Å². The van der Waals surface area contributed by atoms with E-state index in [0.717, 1.165) is 5.92 Å². The summed E-state index contributed by atoms with van der Waals surface area (Å²) in [5.41, 5.74) is 0. The Morgan fingerprint density at radius 3 is 1.14 bits per heavy atom. The van der Waals surface area contributed by atoms with E-state index in [9.17, 15) is 0 Å². The lowest BCUT2D eigenvalue weighted by atomic mass is 10.0. The number of unbranched alkanes of at least 4 members (excludes halogenated alkanes) is 17. The molecule has 0 fully saturated rings. The molecule has 0 saturated heterocycles. The lowest BCUT2D eigenvalue weighted by Gasteiger charge is -2.20. The highest BCUT2D eigenvalue weighted by Gasteiger charge is 2.02. The minimum absolute atomic E-state index is 0.891. The zero-order valence-corrected chi connectivity index (χ0v) is 21.3. The van der Waals surface area contributed by atoms with Gasteiger partial charge in [0.2, 0.25) is 0 Å². The summed E-state index contributed by atoms with van der Waals surface area (Å²) < 4.78 is 0. The van der Waals surface area contributed by atoms with Gasteiger partial charge in [0.05, 0.1) is 0 Å². The number of hydrogen-bond acceptors (Lipinski definition) is 1. The first-order chi connectivity index (χ1) is 14.2. The van der Waals surface area contributed by atoms with Crippen LogP contribution in [0.15, 0.2) is 0 Å². The van der Waals surface area contributed by atoms with E-state index in [1.807, 2.05) is 0 Å². The second kappa shape index (κ2) is 24.2. The third-order valence-corrected chi connectivity index (χ3v) is 6.53. The highest BCUT2D eigenvalue weighted by Crippen LogP contribution is 2.14. The van der Waals surface area contributed by atoms with Gasteiger partial charge in [-0.2, -0.15) is 0 Å². The molecule has 0 atom stereocenters. The van der Waals surface area contributed by atoms with Crippen LogP contribution < -0.4 is 0 Å². The Bertz CT molecular complexity index is 286. The smallest absolute Gasteiger partial charge is 0.00189 e. The van der Waals surface area contributed by atoms with E-state index in [0.29, 0.717) is 0 Å². The van der Waals surface area contributed by atoms with E-state index < -0.39 is 0 Å². The van der Waals surface area contributed by atoms with Crippen LogP contribution in [0.1, 0.15) is 156 Å². The zero-order valence-electron chi connectivity index (χ0n) is 21.3. The Hall–Kier alpha value is -0.0400. The van der Waals surface area contributed by atoms with Crippen molar-refractivity contribution in [1.82, 2.24) is 4.90 Å². The monoisotopic (exact) mass is 409 g/mol. The molecule has 0 radical (unpaired) electrons. The number of nitrogens with zero attached hydrogens (tertiary/aromatic N) is 1. The first-order valence-corrected chi connectivity index (χ1v) is 13.9. The molecule has 0 unspecified atom stereocenters. The molecule has 0 aliphatic heterocycles. The SMILES string of the molecule is CCCCCCCCCCCCN(CC)CCCCCCCCCCCC(C)C. The Morgan fingerprint density at radius 2 is 0.793 bits per heavy atom. The molecule has 29 heavy (non-hydrogen) atoms. The summed E-state index contributed by atoms with van der Waals surface area (Å²) in [5.74, 6) is 0.891. The van der Waals surface area contributed by atoms with Crippen molar-refractivity contribution in [2.24, 2.45) is 5.92 Å². The predicted molar refractivity (Wildman–Crippen MR) is 135 cm³/mol. The van der Waals surface area contributed by atoms with Gasteiger partial charge in [0.15, 0.2) is 0 Å². The van der Waals surface area contributed by atoms with Gasteiger partial charge in [0, 0.05) is 0 Å². The second-order valence-corrected chi connectivity index (χ2v) is 9.98. The minimum atomic E-state index is 0.891. The van der Waals surface area contributed by atoms with Crippen LogP contribution in [0.25, 0.3) is 0 Å². The number of hydrogen-bond donors (Lipinski definition) is 0. The lowest BCUT2D eigenvalue weighted by Crippen LogP contribution is -2.25. The molecule has 0 rings (SSSR count). The van der Waals surface area contributed by atoms with Gasteiger partial charge in [-0.05, 0) is 38.4 Å². The van der Waals surface area contributed by atoms with Gasteiger partial charge in [-0.3, -0.25) is 0 Å². The summed E-state index contributed by atoms with van der Waals surface area (Å²) in [7, 11) is 0. The second-order valence-electron chi connectivity index (χ2n) is 9.98. The Balaban J connectivity index is 3.29. The number of rotatable bonds is 24. The largest absolute Gasteiger partial charge is 0.304 e. The molecule has 0 bridgehead atoms. The van der Waals surface area contributed by atoms with Crippen LogP contribution in [0.4, 0.5) is 0 Å². The molecular weight excluding hydrogens is 350 g/mol. The van der Waals surface area contributed by atoms with Gasteiger partial charge < -0.3 is 4.90 Å². The molecule has 1 nitrogen and oxygen atoms in total. The summed E-state index contributed by atoms with van der Waals surface area (Å²) in [6, 6.07) is 0. The third kappa shape index (κ3) is 24.1. The van der Waals surface area contributed by atoms with E-state index in [1.165, 1.54) is 148 Å². The molecule has 1 heteroatoms. The molecule has 176 valence electrons. The highest BCUT2D eigenvalue weighted by molar-refractivity contribution is 4.58. The molecule has 0 N–H and O–H groups in total. The molecule has 0 spiro atoms. The van der Waals surface area contributed by atoms with Gasteiger partial charge in [-0.25, -0.2) is 0 Å². The van der Waals surface area contributed by atoms with Gasteiger partial charge in [0.25, 0.3) is 0 Å². The molecule has 0 aliphatic rings. The van der Waals surface area contributed by atoms with Crippen LogP contribution in [-0.4, -0.2) is 24.5 Å². The predicted octanol–water partition coefficient (Wildman–Crippen LogP) is 9.79. The van der Waals surface area contributed by atoms with Crippen LogP contribution in [0.2, 0.25) is 0 Å². The van der Waals surface area contributed by atoms with E-state index >= 15 is 0 Å². The van der Waals surface area contributed by atoms with Crippen molar-refractivity contribution in [2.45, 2.75) is 156 Å². The third-order valence-electron chi connectivity index (χ3n) is 6.53. The first-order valence-electron chi connectivity index (χ1n) is 13.9. The fourth-order valence-corrected chi connectivity index (χ4v) is 4.38. The fraction of sp³-hybridized carbons (Fsp3) is 1.00. The maximum Gasteiger partial charge on any atom is -0.00189 e. The summed E-state index contributed by atoms with van der Waals surface area (Å²) in [4.78, 5) is 2.69. The van der Waals surface area contributed by atoms with Crippen molar-refractivity contribution >= 4 is 0 Å². The Kier molecular flexibility index (Phi) is 24.2. The van der Waals surface area contributed by atoms with E-state index in [-0.39, 0.29) is 0 Å². The van der Waals surface area contributed by atoms with Crippen molar-refractivity contribution in [1.29, 1.82) is 0 Å². The van der Waals surface area contributed by atoms with Gasteiger partial charge in [-0.1, -0.05) is 143 Å². The molecule has 0 saturated carbocycles. The molecule has 0 aliphatic carbocycles. The summed E-state index contributed by atoms with van der Waals surface area (Å²) in [5, 5.41) is 0. The van der Waals surface area contributed by atoms with Crippen LogP contribution >= 0.6 is 0 Å². The van der Waals surface area contributed by atoms with Crippen molar-refractivity contribution in [3.05, 3.63) is 0 Å². The lowest BCUT2D eigenvalue weighted by molar-refractivity contribution is 0.273. The molecule has 0 aromatic carbocycles. The highest BCUT2D eigenvalue weighted by atomic mass is 15.1. The maximum absolute atomic E-state index is 2.69. The van der Waals surface area contributed by atoms with Crippen LogP contribution in [0.5, 0.6) is 0 Å². The van der Waals surface area contributed by atoms with Crippen LogP contribution in [-0.2, 0) is 0 Å². The molecule has 0 aromatic heterocycles. The summed E-state index contributed by atoms with van der Waals surface area (Å²) >= 11 is 0.